The van der Waals surface area contributed by atoms with Gasteiger partial charge in [-0.3, -0.25) is 15.1 Å². The lowest BCUT2D eigenvalue weighted by molar-refractivity contribution is -0.385. The van der Waals surface area contributed by atoms with Crippen molar-refractivity contribution >= 4 is 17.3 Å². The molecule has 1 atom stereocenters. The minimum absolute atomic E-state index is 0.104. The number of hydrogen-bond acceptors (Lipinski definition) is 3. The highest BCUT2D eigenvalue weighted by molar-refractivity contribution is 6.20. The summed E-state index contributed by atoms with van der Waals surface area (Å²) < 4.78 is 0. The summed E-state index contributed by atoms with van der Waals surface area (Å²) in [4.78, 5) is 14.5. The van der Waals surface area contributed by atoms with Crippen LogP contribution in [0, 0.1) is 10.1 Å². The minimum atomic E-state index is -0.387. The summed E-state index contributed by atoms with van der Waals surface area (Å²) in [5, 5.41) is 10.6. The van der Waals surface area contributed by atoms with E-state index in [-0.39, 0.29) is 16.0 Å². The zero-order valence-electron chi connectivity index (χ0n) is 9.49. The van der Waals surface area contributed by atoms with Crippen LogP contribution in [0.3, 0.4) is 0 Å². The summed E-state index contributed by atoms with van der Waals surface area (Å²) in [5.41, 5.74) is 1.59. The summed E-state index contributed by atoms with van der Waals surface area (Å²) in [6, 6.07) is 10.3. The Morgan fingerprint density at radius 2 is 2.06 bits per heavy atom. The second kappa shape index (κ2) is 5.60. The largest absolute Gasteiger partial charge is 0.272 e. The number of hydrogen-bond donors (Lipinski definition) is 0. The zero-order chi connectivity index (χ0) is 13.0. The number of benzene rings is 1. The fourth-order valence-corrected chi connectivity index (χ4v) is 2.03. The SMILES string of the molecule is O=[N+]([O-])c1ccccc1CC(Cl)c1cccnc1. The molecule has 0 aliphatic heterocycles. The summed E-state index contributed by atoms with van der Waals surface area (Å²) >= 11 is 6.25. The smallest absolute Gasteiger partial charge is 0.264 e. The first-order chi connectivity index (χ1) is 8.68. The first-order valence-electron chi connectivity index (χ1n) is 5.45. The van der Waals surface area contributed by atoms with Crippen molar-refractivity contribution in [1.29, 1.82) is 0 Å². The first kappa shape index (κ1) is 12.5. The molecule has 5 heteroatoms. The van der Waals surface area contributed by atoms with Gasteiger partial charge >= 0.3 is 0 Å². The number of aromatic nitrogens is 1. The van der Waals surface area contributed by atoms with Gasteiger partial charge < -0.3 is 0 Å². The van der Waals surface area contributed by atoms with E-state index in [1.807, 2.05) is 6.07 Å². The van der Waals surface area contributed by atoms with Crippen molar-refractivity contribution in [3.63, 3.8) is 0 Å². The maximum Gasteiger partial charge on any atom is 0.272 e. The molecule has 4 nitrogen and oxygen atoms in total. The van der Waals surface area contributed by atoms with Crippen molar-refractivity contribution in [3.05, 3.63) is 70.0 Å². The van der Waals surface area contributed by atoms with E-state index in [1.165, 1.54) is 6.07 Å². The number of nitro groups is 1. The van der Waals surface area contributed by atoms with Gasteiger partial charge in [-0.15, -0.1) is 11.6 Å². The van der Waals surface area contributed by atoms with E-state index in [9.17, 15) is 10.1 Å². The Bertz CT molecular complexity index is 546. The van der Waals surface area contributed by atoms with Crippen LogP contribution < -0.4 is 0 Å². The number of nitro benzene ring substituents is 1. The molecule has 2 rings (SSSR count). The molecule has 0 amide bonds. The van der Waals surface area contributed by atoms with E-state index in [2.05, 4.69) is 4.98 Å². The molecule has 1 aromatic carbocycles. The summed E-state index contributed by atoms with van der Waals surface area (Å²) in [5.74, 6) is 0. The van der Waals surface area contributed by atoms with Crippen molar-refractivity contribution in [2.45, 2.75) is 11.8 Å². The maximum absolute atomic E-state index is 10.9. The van der Waals surface area contributed by atoms with Gasteiger partial charge in [0.25, 0.3) is 5.69 Å². The molecule has 0 saturated heterocycles. The van der Waals surface area contributed by atoms with Crippen LogP contribution in [0.2, 0.25) is 0 Å². The van der Waals surface area contributed by atoms with Gasteiger partial charge in [0.2, 0.25) is 0 Å². The topological polar surface area (TPSA) is 56.0 Å². The van der Waals surface area contributed by atoms with Crippen LogP contribution >= 0.6 is 11.6 Å². The van der Waals surface area contributed by atoms with Crippen LogP contribution in [0.25, 0.3) is 0 Å². The van der Waals surface area contributed by atoms with Crippen LogP contribution in [0.4, 0.5) is 5.69 Å². The third kappa shape index (κ3) is 2.84. The Labute approximate surface area is 109 Å². The Morgan fingerprint density at radius 1 is 1.28 bits per heavy atom. The Hall–Kier alpha value is -1.94. The molecule has 0 spiro atoms. The van der Waals surface area contributed by atoms with Gasteiger partial charge in [0, 0.05) is 24.0 Å². The molecule has 1 heterocycles. The van der Waals surface area contributed by atoms with Gasteiger partial charge in [-0.05, 0) is 18.1 Å². The average Bonchev–Trinajstić information content (AvgIpc) is 2.40. The molecule has 18 heavy (non-hydrogen) atoms. The van der Waals surface area contributed by atoms with Gasteiger partial charge in [0.1, 0.15) is 0 Å². The fraction of sp³-hybridized carbons (Fsp3) is 0.154. The number of para-hydroxylation sites is 1. The summed E-state index contributed by atoms with van der Waals surface area (Å²) in [6.45, 7) is 0. The van der Waals surface area contributed by atoms with Gasteiger partial charge in [-0.1, -0.05) is 24.3 Å². The average molecular weight is 263 g/mol. The molecular formula is C13H11ClN2O2. The molecule has 0 N–H and O–H groups in total. The Kier molecular flexibility index (Phi) is 3.89. The number of nitrogens with zero attached hydrogens (tertiary/aromatic N) is 2. The third-order valence-corrected chi connectivity index (χ3v) is 3.04. The quantitative estimate of drug-likeness (QED) is 0.481. The minimum Gasteiger partial charge on any atom is -0.264 e. The van der Waals surface area contributed by atoms with Gasteiger partial charge in [-0.2, -0.15) is 0 Å². The molecule has 0 radical (unpaired) electrons. The standard InChI is InChI=1S/C13H11ClN2O2/c14-12(11-5-3-7-15-9-11)8-10-4-1-2-6-13(10)16(17)18/h1-7,9,12H,8H2. The predicted octanol–water partition coefficient (Wildman–Crippen LogP) is 3.51. The van der Waals surface area contributed by atoms with E-state index in [0.29, 0.717) is 12.0 Å². The lowest BCUT2D eigenvalue weighted by atomic mass is 10.0. The molecule has 0 saturated carbocycles. The fourth-order valence-electron chi connectivity index (χ4n) is 1.73. The van der Waals surface area contributed by atoms with Crippen molar-refractivity contribution in [3.8, 4) is 0 Å². The third-order valence-electron chi connectivity index (χ3n) is 2.63. The summed E-state index contributed by atoms with van der Waals surface area (Å²) in [7, 11) is 0. The lowest BCUT2D eigenvalue weighted by Gasteiger charge is -2.09. The molecule has 0 fully saturated rings. The van der Waals surface area contributed by atoms with Crippen molar-refractivity contribution in [2.75, 3.05) is 0 Å². The highest BCUT2D eigenvalue weighted by Crippen LogP contribution is 2.28. The Balaban J connectivity index is 2.22. The number of alkyl halides is 1. The maximum atomic E-state index is 10.9. The predicted molar refractivity (Wildman–Crippen MR) is 69.6 cm³/mol. The highest BCUT2D eigenvalue weighted by atomic mass is 35.5. The number of rotatable bonds is 4. The van der Waals surface area contributed by atoms with Crippen LogP contribution in [-0.2, 0) is 6.42 Å². The van der Waals surface area contributed by atoms with Crippen molar-refractivity contribution in [1.82, 2.24) is 4.98 Å². The van der Waals surface area contributed by atoms with E-state index in [4.69, 9.17) is 11.6 Å². The van der Waals surface area contributed by atoms with Gasteiger partial charge in [-0.25, -0.2) is 0 Å². The molecule has 2 aromatic rings. The molecule has 0 aliphatic rings. The molecule has 1 aromatic heterocycles. The second-order valence-electron chi connectivity index (χ2n) is 3.84. The lowest BCUT2D eigenvalue weighted by Crippen LogP contribution is -2.00. The molecule has 0 aliphatic carbocycles. The number of pyridine rings is 1. The normalized spacial score (nSPS) is 12.1. The van der Waals surface area contributed by atoms with Gasteiger partial charge in [0.05, 0.1) is 10.3 Å². The number of halogens is 1. The molecule has 1 unspecified atom stereocenters. The molecule has 92 valence electrons. The van der Waals surface area contributed by atoms with Crippen molar-refractivity contribution in [2.24, 2.45) is 0 Å². The van der Waals surface area contributed by atoms with Crippen LogP contribution in [0.5, 0.6) is 0 Å². The van der Waals surface area contributed by atoms with E-state index < -0.39 is 0 Å². The van der Waals surface area contributed by atoms with Gasteiger partial charge in [0.15, 0.2) is 0 Å². The van der Waals surface area contributed by atoms with Crippen molar-refractivity contribution < 1.29 is 4.92 Å². The summed E-state index contributed by atoms with van der Waals surface area (Å²) in [6.07, 6.45) is 3.74. The second-order valence-corrected chi connectivity index (χ2v) is 4.37. The molecular weight excluding hydrogens is 252 g/mol. The Morgan fingerprint density at radius 3 is 2.72 bits per heavy atom. The highest BCUT2D eigenvalue weighted by Gasteiger charge is 2.17. The van der Waals surface area contributed by atoms with Crippen LogP contribution in [0.1, 0.15) is 16.5 Å². The van der Waals surface area contributed by atoms with E-state index in [1.54, 1.807) is 36.7 Å². The monoisotopic (exact) mass is 262 g/mol. The van der Waals surface area contributed by atoms with Crippen LogP contribution in [-0.4, -0.2) is 9.91 Å². The first-order valence-corrected chi connectivity index (χ1v) is 5.88. The zero-order valence-corrected chi connectivity index (χ0v) is 10.2. The van der Waals surface area contributed by atoms with Crippen LogP contribution in [0.15, 0.2) is 48.8 Å². The van der Waals surface area contributed by atoms with E-state index in [0.717, 1.165) is 5.56 Å². The molecule has 0 bridgehead atoms. The van der Waals surface area contributed by atoms with E-state index >= 15 is 0 Å².